The average molecular weight is 183 g/mol. The van der Waals surface area contributed by atoms with Crippen LogP contribution in [0.5, 0.6) is 0 Å². The van der Waals surface area contributed by atoms with E-state index in [1.807, 2.05) is 0 Å². The molecular weight excluding hydrogens is 170 g/mol. The Labute approximate surface area is 75.1 Å². The largest absolute Gasteiger partial charge is 0.393 e. The van der Waals surface area contributed by atoms with Gasteiger partial charge in [0.1, 0.15) is 5.69 Å². The summed E-state index contributed by atoms with van der Waals surface area (Å²) >= 11 is 0. The van der Waals surface area contributed by atoms with Crippen molar-refractivity contribution in [3.05, 3.63) is 16.0 Å². The van der Waals surface area contributed by atoms with Crippen LogP contribution in [0.4, 0.5) is 11.6 Å². The van der Waals surface area contributed by atoms with E-state index in [0.717, 1.165) is 0 Å². The second-order valence-electron chi connectivity index (χ2n) is 2.99. The van der Waals surface area contributed by atoms with Crippen molar-refractivity contribution in [1.82, 2.24) is 9.97 Å². The fourth-order valence-electron chi connectivity index (χ4n) is 1.01. The van der Waals surface area contributed by atoms with Crippen molar-refractivity contribution in [2.24, 2.45) is 5.73 Å². The number of H-pyrrole nitrogens is 1. The molecule has 13 heavy (non-hydrogen) atoms. The lowest BCUT2D eigenvalue weighted by molar-refractivity contribution is 0.722. The first-order chi connectivity index (χ1) is 6.00. The van der Waals surface area contributed by atoms with Gasteiger partial charge in [0.2, 0.25) is 5.95 Å². The molecule has 0 bridgehead atoms. The van der Waals surface area contributed by atoms with Gasteiger partial charge in [-0.25, -0.2) is 4.98 Å². The third kappa shape index (κ3) is 2.19. The summed E-state index contributed by atoms with van der Waals surface area (Å²) in [5.41, 5.74) is 16.5. The van der Waals surface area contributed by atoms with Crippen LogP contribution in [0.2, 0.25) is 0 Å². The van der Waals surface area contributed by atoms with Gasteiger partial charge in [-0.05, 0) is 6.92 Å². The molecule has 0 aliphatic carbocycles. The topological polar surface area (TPSA) is 124 Å². The summed E-state index contributed by atoms with van der Waals surface area (Å²) in [6.07, 6.45) is 0.444. The van der Waals surface area contributed by atoms with E-state index in [-0.39, 0.29) is 17.7 Å². The summed E-state index contributed by atoms with van der Waals surface area (Å²) in [6, 6.07) is -0.101. The number of nitrogens with one attached hydrogen (secondary N) is 1. The van der Waals surface area contributed by atoms with Gasteiger partial charge >= 0.3 is 0 Å². The van der Waals surface area contributed by atoms with Crippen molar-refractivity contribution in [2.45, 2.75) is 19.4 Å². The molecule has 0 aliphatic heterocycles. The zero-order chi connectivity index (χ0) is 10.0. The number of hydrogen-bond acceptors (Lipinski definition) is 5. The van der Waals surface area contributed by atoms with Crippen LogP contribution < -0.4 is 22.8 Å². The van der Waals surface area contributed by atoms with Gasteiger partial charge in [-0.3, -0.25) is 9.78 Å². The fourth-order valence-corrected chi connectivity index (χ4v) is 1.01. The number of aromatic nitrogens is 2. The molecule has 0 saturated carbocycles. The molecule has 0 fully saturated rings. The summed E-state index contributed by atoms with van der Waals surface area (Å²) in [4.78, 5) is 17.3. The van der Waals surface area contributed by atoms with Crippen LogP contribution in [0.25, 0.3) is 0 Å². The Kier molecular flexibility index (Phi) is 2.52. The molecular formula is C7H13N5O. The quantitative estimate of drug-likeness (QED) is 0.459. The van der Waals surface area contributed by atoms with Gasteiger partial charge in [0.15, 0.2) is 0 Å². The zero-order valence-electron chi connectivity index (χ0n) is 7.37. The highest BCUT2D eigenvalue weighted by Crippen LogP contribution is 2.05. The molecule has 1 heterocycles. The van der Waals surface area contributed by atoms with Crippen molar-refractivity contribution in [3.8, 4) is 0 Å². The Morgan fingerprint density at radius 3 is 2.69 bits per heavy atom. The van der Waals surface area contributed by atoms with Crippen LogP contribution in [0.15, 0.2) is 4.79 Å². The summed E-state index contributed by atoms with van der Waals surface area (Å²) in [7, 11) is 0. The lowest BCUT2D eigenvalue weighted by Gasteiger charge is -2.06. The molecule has 7 N–H and O–H groups in total. The normalized spacial score (nSPS) is 12.8. The molecule has 0 unspecified atom stereocenters. The van der Waals surface area contributed by atoms with Crippen LogP contribution in [0, 0.1) is 0 Å². The number of rotatable bonds is 2. The minimum absolute atomic E-state index is 0.0647. The molecule has 1 rings (SSSR count). The predicted molar refractivity (Wildman–Crippen MR) is 51.0 cm³/mol. The smallest absolute Gasteiger partial charge is 0.275 e. The van der Waals surface area contributed by atoms with Crippen molar-refractivity contribution >= 4 is 11.6 Å². The van der Waals surface area contributed by atoms with Gasteiger partial charge in [-0.1, -0.05) is 0 Å². The van der Waals surface area contributed by atoms with Crippen LogP contribution in [-0.4, -0.2) is 16.0 Å². The molecule has 0 saturated heterocycles. The second-order valence-corrected chi connectivity index (χ2v) is 2.99. The van der Waals surface area contributed by atoms with E-state index in [2.05, 4.69) is 9.97 Å². The van der Waals surface area contributed by atoms with E-state index in [9.17, 15) is 4.79 Å². The van der Waals surface area contributed by atoms with Gasteiger partial charge in [0, 0.05) is 12.5 Å². The van der Waals surface area contributed by atoms with E-state index in [1.165, 1.54) is 0 Å². The first-order valence-corrected chi connectivity index (χ1v) is 3.90. The van der Waals surface area contributed by atoms with Crippen LogP contribution in [0.1, 0.15) is 12.6 Å². The molecule has 0 aromatic carbocycles. The van der Waals surface area contributed by atoms with E-state index in [1.54, 1.807) is 6.92 Å². The molecule has 0 radical (unpaired) electrons. The minimum Gasteiger partial charge on any atom is -0.393 e. The van der Waals surface area contributed by atoms with Gasteiger partial charge in [0.05, 0.1) is 5.69 Å². The van der Waals surface area contributed by atoms with Gasteiger partial charge in [-0.15, -0.1) is 0 Å². The number of aromatic amines is 1. The van der Waals surface area contributed by atoms with Gasteiger partial charge in [0.25, 0.3) is 5.56 Å². The highest BCUT2D eigenvalue weighted by molar-refractivity contribution is 5.43. The molecule has 1 aromatic rings. The van der Waals surface area contributed by atoms with Crippen LogP contribution in [-0.2, 0) is 6.42 Å². The summed E-state index contributed by atoms with van der Waals surface area (Å²) in [6.45, 7) is 1.80. The standard InChI is InChI=1S/C7H13N5O/c1-3(8)2-4-5(9)6(13)12-7(10)11-4/h3H,2,8-9H2,1H3,(H3,10,11,12,13)/t3-/m0/s1. The molecule has 6 heteroatoms. The van der Waals surface area contributed by atoms with Crippen LogP contribution in [0.3, 0.4) is 0 Å². The highest BCUT2D eigenvalue weighted by Gasteiger charge is 2.08. The number of nitrogens with zero attached hydrogens (tertiary/aromatic N) is 1. The van der Waals surface area contributed by atoms with Crippen LogP contribution >= 0.6 is 0 Å². The maximum atomic E-state index is 11.1. The highest BCUT2D eigenvalue weighted by atomic mass is 16.1. The Morgan fingerprint density at radius 2 is 2.15 bits per heavy atom. The minimum atomic E-state index is -0.414. The molecule has 72 valence electrons. The number of nitrogens with two attached hydrogens (primary N) is 3. The third-order valence-corrected chi connectivity index (χ3v) is 1.57. The Hall–Kier alpha value is -1.56. The van der Waals surface area contributed by atoms with Gasteiger partial charge in [-0.2, -0.15) is 0 Å². The average Bonchev–Trinajstić information content (AvgIpc) is 1.98. The van der Waals surface area contributed by atoms with Crippen molar-refractivity contribution in [1.29, 1.82) is 0 Å². The molecule has 1 atom stereocenters. The number of hydrogen-bond donors (Lipinski definition) is 4. The van der Waals surface area contributed by atoms with Crippen molar-refractivity contribution in [2.75, 3.05) is 11.5 Å². The predicted octanol–water partition coefficient (Wildman–Crippen LogP) is -1.18. The Morgan fingerprint density at radius 1 is 1.54 bits per heavy atom. The summed E-state index contributed by atoms with van der Waals surface area (Å²) in [5, 5.41) is 0. The van der Waals surface area contributed by atoms with Gasteiger partial charge < -0.3 is 17.2 Å². The molecule has 0 amide bonds. The molecule has 1 aromatic heterocycles. The van der Waals surface area contributed by atoms with E-state index >= 15 is 0 Å². The number of anilines is 2. The Balaban J connectivity index is 3.13. The Bertz CT molecular complexity index is 356. The first kappa shape index (κ1) is 9.53. The summed E-state index contributed by atoms with van der Waals surface area (Å²) < 4.78 is 0. The second kappa shape index (κ2) is 3.44. The SMILES string of the molecule is C[C@H](N)Cc1nc(N)[nH]c(=O)c1N. The maximum absolute atomic E-state index is 11.1. The number of nitrogen functional groups attached to an aromatic ring is 2. The third-order valence-electron chi connectivity index (χ3n) is 1.57. The lowest BCUT2D eigenvalue weighted by Crippen LogP contribution is -2.24. The lowest BCUT2D eigenvalue weighted by atomic mass is 10.2. The first-order valence-electron chi connectivity index (χ1n) is 3.90. The molecule has 0 spiro atoms. The van der Waals surface area contributed by atoms with E-state index < -0.39 is 5.56 Å². The maximum Gasteiger partial charge on any atom is 0.275 e. The van der Waals surface area contributed by atoms with E-state index in [4.69, 9.17) is 17.2 Å². The fraction of sp³-hybridized carbons (Fsp3) is 0.429. The monoisotopic (exact) mass is 183 g/mol. The van der Waals surface area contributed by atoms with E-state index in [0.29, 0.717) is 12.1 Å². The van der Waals surface area contributed by atoms with Crippen molar-refractivity contribution < 1.29 is 0 Å². The molecule has 0 aliphatic rings. The zero-order valence-corrected chi connectivity index (χ0v) is 7.37. The summed E-state index contributed by atoms with van der Waals surface area (Å²) in [5.74, 6) is 0.0647. The molecule has 6 nitrogen and oxygen atoms in total. The van der Waals surface area contributed by atoms with Crippen molar-refractivity contribution in [3.63, 3.8) is 0 Å².